The molecule has 0 heterocycles. The molecule has 0 spiro atoms. The average Bonchev–Trinajstić information content (AvgIpc) is 2.39. The van der Waals surface area contributed by atoms with E-state index in [0.717, 1.165) is 5.69 Å². The van der Waals surface area contributed by atoms with Crippen molar-refractivity contribution in [3.63, 3.8) is 0 Å². The second-order valence-corrected chi connectivity index (χ2v) is 5.21. The maximum atomic E-state index is 13.2. The van der Waals surface area contributed by atoms with E-state index in [2.05, 4.69) is 5.32 Å². The first-order chi connectivity index (χ1) is 8.66. The molecule has 0 saturated heterocycles. The summed E-state index contributed by atoms with van der Waals surface area (Å²) in [5, 5.41) is 4.05. The summed E-state index contributed by atoms with van der Waals surface area (Å²) in [4.78, 5) is 1.83. The maximum absolute atomic E-state index is 13.2. The van der Waals surface area contributed by atoms with Crippen molar-refractivity contribution < 1.29 is 4.39 Å². The highest BCUT2D eigenvalue weighted by molar-refractivity contribution is 7.80. The fourth-order valence-corrected chi connectivity index (χ4v) is 2.59. The van der Waals surface area contributed by atoms with Crippen LogP contribution in [0.4, 0.5) is 10.1 Å². The number of hydrogen-bond donors (Lipinski definition) is 1. The zero-order valence-electron chi connectivity index (χ0n) is 10.7. The van der Waals surface area contributed by atoms with Crippen LogP contribution in [0.3, 0.4) is 0 Å². The van der Waals surface area contributed by atoms with Gasteiger partial charge in [0.1, 0.15) is 5.82 Å². The van der Waals surface area contributed by atoms with E-state index in [9.17, 15) is 4.39 Å². The summed E-state index contributed by atoms with van der Waals surface area (Å²) in [6, 6.07) is 6.97. The molecule has 1 aliphatic carbocycles. The molecule has 0 radical (unpaired) electrons. The predicted molar refractivity (Wildman–Crippen MR) is 77.4 cm³/mol. The summed E-state index contributed by atoms with van der Waals surface area (Å²) < 4.78 is 13.2. The molecule has 2 rings (SSSR count). The zero-order valence-corrected chi connectivity index (χ0v) is 11.5. The van der Waals surface area contributed by atoms with Crippen molar-refractivity contribution in [2.24, 2.45) is 0 Å². The fraction of sp³-hybridized carbons (Fsp3) is 0.500. The third kappa shape index (κ3) is 3.42. The Hall–Kier alpha value is -1.16. The highest BCUT2D eigenvalue weighted by atomic mass is 32.1. The third-order valence-corrected chi connectivity index (χ3v) is 3.82. The number of nitrogens with zero attached hydrogens (tertiary/aromatic N) is 1. The number of hydrogen-bond acceptors (Lipinski definition) is 1. The molecule has 0 aliphatic heterocycles. The lowest BCUT2D eigenvalue weighted by atomic mass is 9.96. The molecular formula is C14H19FN2S. The molecule has 0 amide bonds. The molecule has 1 fully saturated rings. The predicted octanol–water partition coefficient (Wildman–Crippen LogP) is 3.47. The summed E-state index contributed by atoms with van der Waals surface area (Å²) in [6.07, 6.45) is 6.22. The molecule has 98 valence electrons. The van der Waals surface area contributed by atoms with Crippen molar-refractivity contribution >= 4 is 23.0 Å². The second kappa shape index (κ2) is 6.14. The first-order valence-corrected chi connectivity index (χ1v) is 6.87. The van der Waals surface area contributed by atoms with Crippen molar-refractivity contribution in [2.75, 3.05) is 11.9 Å². The van der Waals surface area contributed by atoms with Gasteiger partial charge in [0.15, 0.2) is 5.11 Å². The van der Waals surface area contributed by atoms with Crippen LogP contribution in [0.15, 0.2) is 24.3 Å². The van der Waals surface area contributed by atoms with Gasteiger partial charge in [-0.05, 0) is 43.3 Å². The Bertz CT molecular complexity index is 416. The van der Waals surface area contributed by atoms with Crippen LogP contribution in [0.25, 0.3) is 0 Å². The Morgan fingerprint density at radius 2 is 2.06 bits per heavy atom. The molecule has 4 heteroatoms. The van der Waals surface area contributed by atoms with E-state index in [1.807, 2.05) is 18.0 Å². The molecule has 18 heavy (non-hydrogen) atoms. The molecule has 1 saturated carbocycles. The first-order valence-electron chi connectivity index (χ1n) is 6.46. The van der Waals surface area contributed by atoms with Gasteiger partial charge in [0.2, 0.25) is 0 Å². The standard InChI is InChI=1S/C14H19FN2S/c1-17(13-9-5-6-11(15)10-13)14(18)16-12-7-3-2-4-8-12/h5-6,9-10,12H,2-4,7-8H2,1H3,(H,16,18). The molecule has 1 N–H and O–H groups in total. The van der Waals surface area contributed by atoms with Crippen LogP contribution >= 0.6 is 12.2 Å². The molecule has 1 aromatic carbocycles. The SMILES string of the molecule is CN(C(=S)NC1CCCCC1)c1cccc(F)c1. The molecule has 1 aliphatic rings. The number of rotatable bonds is 2. The summed E-state index contributed by atoms with van der Waals surface area (Å²) in [7, 11) is 1.87. The lowest BCUT2D eigenvalue weighted by Gasteiger charge is -2.28. The summed E-state index contributed by atoms with van der Waals surface area (Å²) in [6.45, 7) is 0. The van der Waals surface area contributed by atoms with Gasteiger partial charge in [-0.2, -0.15) is 0 Å². The van der Waals surface area contributed by atoms with Crippen LogP contribution in [-0.4, -0.2) is 18.2 Å². The second-order valence-electron chi connectivity index (χ2n) is 4.82. The van der Waals surface area contributed by atoms with E-state index in [0.29, 0.717) is 11.2 Å². The maximum Gasteiger partial charge on any atom is 0.173 e. The van der Waals surface area contributed by atoms with Crippen LogP contribution in [0.2, 0.25) is 0 Å². The Balaban J connectivity index is 1.95. The number of benzene rings is 1. The summed E-state index contributed by atoms with van der Waals surface area (Å²) >= 11 is 5.38. The highest BCUT2D eigenvalue weighted by Crippen LogP contribution is 2.19. The van der Waals surface area contributed by atoms with E-state index < -0.39 is 0 Å². The quantitative estimate of drug-likeness (QED) is 0.825. The summed E-state index contributed by atoms with van der Waals surface area (Å²) in [5.74, 6) is -0.236. The summed E-state index contributed by atoms with van der Waals surface area (Å²) in [5.41, 5.74) is 0.781. The Labute approximate surface area is 113 Å². The van der Waals surface area contributed by atoms with E-state index in [4.69, 9.17) is 12.2 Å². The number of anilines is 1. The minimum absolute atomic E-state index is 0.236. The molecule has 0 aromatic heterocycles. The van der Waals surface area contributed by atoms with Gasteiger partial charge in [-0.1, -0.05) is 25.3 Å². The van der Waals surface area contributed by atoms with Crippen LogP contribution in [0.5, 0.6) is 0 Å². The van der Waals surface area contributed by atoms with Gasteiger partial charge in [0, 0.05) is 18.8 Å². The minimum atomic E-state index is -0.236. The Kier molecular flexibility index (Phi) is 4.53. The Morgan fingerprint density at radius 3 is 2.72 bits per heavy atom. The van der Waals surface area contributed by atoms with Crippen molar-refractivity contribution in [3.8, 4) is 0 Å². The number of halogens is 1. The average molecular weight is 266 g/mol. The monoisotopic (exact) mass is 266 g/mol. The van der Waals surface area contributed by atoms with Gasteiger partial charge >= 0.3 is 0 Å². The van der Waals surface area contributed by atoms with Gasteiger partial charge in [-0.3, -0.25) is 0 Å². The van der Waals surface area contributed by atoms with Crippen molar-refractivity contribution in [2.45, 2.75) is 38.1 Å². The van der Waals surface area contributed by atoms with Crippen LogP contribution < -0.4 is 10.2 Å². The largest absolute Gasteiger partial charge is 0.360 e. The minimum Gasteiger partial charge on any atom is -0.360 e. The van der Waals surface area contributed by atoms with Crippen LogP contribution in [-0.2, 0) is 0 Å². The molecule has 1 aromatic rings. The topological polar surface area (TPSA) is 15.3 Å². The van der Waals surface area contributed by atoms with Crippen molar-refractivity contribution in [1.29, 1.82) is 0 Å². The van der Waals surface area contributed by atoms with Crippen LogP contribution in [0, 0.1) is 5.82 Å². The molecular weight excluding hydrogens is 247 g/mol. The highest BCUT2D eigenvalue weighted by Gasteiger charge is 2.16. The fourth-order valence-electron chi connectivity index (χ4n) is 2.32. The van der Waals surface area contributed by atoms with Crippen molar-refractivity contribution in [3.05, 3.63) is 30.1 Å². The molecule has 0 bridgehead atoms. The molecule has 2 nitrogen and oxygen atoms in total. The first kappa shape index (κ1) is 13.3. The van der Waals surface area contributed by atoms with Gasteiger partial charge in [-0.15, -0.1) is 0 Å². The number of thiocarbonyl (C=S) groups is 1. The van der Waals surface area contributed by atoms with Gasteiger partial charge in [0.05, 0.1) is 0 Å². The van der Waals surface area contributed by atoms with E-state index in [1.165, 1.54) is 44.2 Å². The van der Waals surface area contributed by atoms with Gasteiger partial charge < -0.3 is 10.2 Å². The van der Waals surface area contributed by atoms with E-state index >= 15 is 0 Å². The normalized spacial score (nSPS) is 16.3. The van der Waals surface area contributed by atoms with E-state index in [1.54, 1.807) is 6.07 Å². The molecule has 0 atom stereocenters. The lowest BCUT2D eigenvalue weighted by Crippen LogP contribution is -2.43. The van der Waals surface area contributed by atoms with Crippen LogP contribution in [0.1, 0.15) is 32.1 Å². The van der Waals surface area contributed by atoms with Gasteiger partial charge in [-0.25, -0.2) is 4.39 Å². The van der Waals surface area contributed by atoms with Gasteiger partial charge in [0.25, 0.3) is 0 Å². The van der Waals surface area contributed by atoms with Crippen molar-refractivity contribution in [1.82, 2.24) is 5.32 Å². The Morgan fingerprint density at radius 1 is 1.33 bits per heavy atom. The number of nitrogens with one attached hydrogen (secondary N) is 1. The zero-order chi connectivity index (χ0) is 13.0. The molecule has 0 unspecified atom stereocenters. The smallest absolute Gasteiger partial charge is 0.173 e. The lowest BCUT2D eigenvalue weighted by molar-refractivity contribution is 0.414. The third-order valence-electron chi connectivity index (χ3n) is 3.43. The van der Waals surface area contributed by atoms with E-state index in [-0.39, 0.29) is 5.82 Å².